The van der Waals surface area contributed by atoms with Gasteiger partial charge in [0, 0.05) is 22.0 Å². The first kappa shape index (κ1) is 28.6. The molecular weight excluding hydrogens is 561 g/mol. The first-order chi connectivity index (χ1) is 22.3. The Morgan fingerprint density at radius 2 is 1.00 bits per heavy atom. The Morgan fingerprint density at radius 1 is 0.478 bits per heavy atom. The molecule has 0 atom stereocenters. The molecule has 224 valence electrons. The van der Waals surface area contributed by atoms with E-state index in [0.29, 0.717) is 0 Å². The number of hydrogen-bond donors (Lipinski definition) is 0. The van der Waals surface area contributed by atoms with Gasteiger partial charge in [0.05, 0.1) is 22.2 Å². The molecule has 0 aliphatic carbocycles. The highest BCUT2D eigenvalue weighted by Crippen LogP contribution is 2.42. The van der Waals surface area contributed by atoms with Gasteiger partial charge in [-0.25, -0.2) is 0 Å². The van der Waals surface area contributed by atoms with Gasteiger partial charge in [0.2, 0.25) is 0 Å². The largest absolute Gasteiger partial charge is 0.494 e. The Bertz CT molecular complexity index is 2170. The fourth-order valence-electron chi connectivity index (χ4n) is 6.62. The summed E-state index contributed by atoms with van der Waals surface area (Å²) in [5, 5.41) is 2.45. The lowest BCUT2D eigenvalue weighted by molar-refractivity contribution is 0.00578. The summed E-state index contributed by atoms with van der Waals surface area (Å²) < 4.78 is 15.1. The van der Waals surface area contributed by atoms with Crippen molar-refractivity contribution in [2.45, 2.75) is 38.9 Å². The quantitative estimate of drug-likeness (QED) is 0.184. The number of fused-ring (bicyclic) bond motifs is 3. The van der Waals surface area contributed by atoms with E-state index in [2.05, 4.69) is 178 Å². The summed E-state index contributed by atoms with van der Waals surface area (Å²) in [4.78, 5) is 0. The van der Waals surface area contributed by atoms with Crippen molar-refractivity contribution in [3.05, 3.63) is 146 Å². The van der Waals surface area contributed by atoms with Gasteiger partial charge < -0.3 is 13.9 Å². The lowest BCUT2D eigenvalue weighted by atomic mass is 9.78. The van der Waals surface area contributed by atoms with E-state index in [0.717, 1.165) is 16.7 Å². The number of para-hydroxylation sites is 1. The smallest absolute Gasteiger partial charge is 0.399 e. The highest BCUT2D eigenvalue weighted by atomic mass is 16.7. The molecule has 3 nitrogen and oxygen atoms in total. The van der Waals surface area contributed by atoms with Crippen molar-refractivity contribution in [1.82, 2.24) is 4.57 Å². The van der Waals surface area contributed by atoms with Gasteiger partial charge in [-0.05, 0) is 97.4 Å². The second-order valence-corrected chi connectivity index (χ2v) is 13.3. The van der Waals surface area contributed by atoms with Crippen LogP contribution in [0.3, 0.4) is 0 Å². The average molecular weight is 598 g/mol. The number of aromatic nitrogens is 1. The van der Waals surface area contributed by atoms with E-state index in [1.54, 1.807) is 0 Å². The van der Waals surface area contributed by atoms with Crippen LogP contribution in [0.15, 0.2) is 146 Å². The molecule has 1 fully saturated rings. The number of nitrogens with zero attached hydrogens (tertiary/aromatic N) is 1. The summed E-state index contributed by atoms with van der Waals surface area (Å²) in [6, 6.07) is 52.4. The third kappa shape index (κ3) is 4.77. The predicted molar refractivity (Wildman–Crippen MR) is 193 cm³/mol. The molecule has 8 rings (SSSR count). The zero-order valence-electron chi connectivity index (χ0n) is 26.7. The zero-order valence-corrected chi connectivity index (χ0v) is 26.7. The molecule has 0 saturated carbocycles. The Labute approximate surface area is 271 Å². The fourth-order valence-corrected chi connectivity index (χ4v) is 6.62. The number of benzene rings is 6. The monoisotopic (exact) mass is 597 g/mol. The van der Waals surface area contributed by atoms with Gasteiger partial charge in [0.1, 0.15) is 0 Å². The molecule has 0 amide bonds. The van der Waals surface area contributed by atoms with Gasteiger partial charge in [-0.3, -0.25) is 0 Å². The second-order valence-electron chi connectivity index (χ2n) is 13.3. The van der Waals surface area contributed by atoms with E-state index in [1.165, 1.54) is 49.6 Å². The third-order valence-corrected chi connectivity index (χ3v) is 9.84. The minimum absolute atomic E-state index is 0.369. The van der Waals surface area contributed by atoms with Gasteiger partial charge in [0.15, 0.2) is 0 Å². The van der Waals surface area contributed by atoms with Gasteiger partial charge in [-0.15, -0.1) is 0 Å². The topological polar surface area (TPSA) is 23.4 Å². The average Bonchev–Trinajstić information content (AvgIpc) is 3.53. The Kier molecular flexibility index (Phi) is 6.75. The molecule has 7 aromatic rings. The van der Waals surface area contributed by atoms with Crippen LogP contribution in [0.1, 0.15) is 27.7 Å². The molecule has 1 saturated heterocycles. The van der Waals surface area contributed by atoms with E-state index >= 15 is 0 Å². The van der Waals surface area contributed by atoms with E-state index in [1.807, 2.05) is 0 Å². The van der Waals surface area contributed by atoms with Crippen LogP contribution < -0.4 is 5.46 Å². The molecule has 0 spiro atoms. The first-order valence-corrected chi connectivity index (χ1v) is 16.0. The lowest BCUT2D eigenvalue weighted by Crippen LogP contribution is -2.41. The Hall–Kier alpha value is -4.90. The van der Waals surface area contributed by atoms with Crippen LogP contribution in [0.5, 0.6) is 0 Å². The summed E-state index contributed by atoms with van der Waals surface area (Å²) >= 11 is 0. The van der Waals surface area contributed by atoms with Crippen molar-refractivity contribution in [2.75, 3.05) is 0 Å². The van der Waals surface area contributed by atoms with Crippen LogP contribution in [-0.4, -0.2) is 22.9 Å². The highest BCUT2D eigenvalue weighted by molar-refractivity contribution is 6.62. The maximum atomic E-state index is 6.32. The standard InChI is InChI=1S/C42H36BNO2/c1-41(2)42(3,4)46-43(45-41)34-23-20-30(21-24-34)32-22-25-39-37(26-32)38-28-33(29-14-8-5-9-15-29)27-36(31-16-10-6-11-17-31)40(38)44(39)35-18-12-7-13-19-35/h5-28H,1-4H3. The zero-order chi connectivity index (χ0) is 31.5. The third-order valence-electron chi connectivity index (χ3n) is 9.84. The van der Waals surface area contributed by atoms with Crippen molar-refractivity contribution in [3.8, 4) is 39.1 Å². The summed E-state index contributed by atoms with van der Waals surface area (Å²) in [5.74, 6) is 0. The number of rotatable bonds is 5. The Morgan fingerprint density at radius 3 is 1.63 bits per heavy atom. The molecule has 0 radical (unpaired) electrons. The molecular formula is C42H36BNO2. The molecule has 46 heavy (non-hydrogen) atoms. The van der Waals surface area contributed by atoms with Gasteiger partial charge in [0.25, 0.3) is 0 Å². The minimum Gasteiger partial charge on any atom is -0.399 e. The van der Waals surface area contributed by atoms with E-state index in [9.17, 15) is 0 Å². The van der Waals surface area contributed by atoms with Crippen LogP contribution in [0, 0.1) is 0 Å². The van der Waals surface area contributed by atoms with Crippen LogP contribution in [-0.2, 0) is 9.31 Å². The molecule has 1 aromatic heterocycles. The lowest BCUT2D eigenvalue weighted by Gasteiger charge is -2.32. The van der Waals surface area contributed by atoms with Gasteiger partial charge in [-0.2, -0.15) is 0 Å². The summed E-state index contributed by atoms with van der Waals surface area (Å²) in [5.41, 5.74) is 11.0. The highest BCUT2D eigenvalue weighted by Gasteiger charge is 2.51. The molecule has 6 aromatic carbocycles. The van der Waals surface area contributed by atoms with Crippen molar-refractivity contribution in [3.63, 3.8) is 0 Å². The van der Waals surface area contributed by atoms with E-state index in [-0.39, 0.29) is 18.3 Å². The molecule has 0 unspecified atom stereocenters. The molecule has 0 N–H and O–H groups in total. The second kappa shape index (κ2) is 10.9. The summed E-state index contributed by atoms with van der Waals surface area (Å²) in [7, 11) is -0.377. The molecule has 0 bridgehead atoms. The fraction of sp³-hybridized carbons (Fsp3) is 0.143. The molecule has 2 heterocycles. The van der Waals surface area contributed by atoms with Crippen LogP contribution in [0.2, 0.25) is 0 Å². The van der Waals surface area contributed by atoms with Gasteiger partial charge in [-0.1, -0.05) is 109 Å². The van der Waals surface area contributed by atoms with Crippen LogP contribution >= 0.6 is 0 Å². The molecule has 4 heteroatoms. The summed E-state index contributed by atoms with van der Waals surface area (Å²) in [6.07, 6.45) is 0. The van der Waals surface area contributed by atoms with Crippen LogP contribution in [0.25, 0.3) is 60.9 Å². The Balaban J connectivity index is 1.33. The maximum Gasteiger partial charge on any atom is 0.494 e. The van der Waals surface area contributed by atoms with Gasteiger partial charge >= 0.3 is 7.12 Å². The van der Waals surface area contributed by atoms with Crippen molar-refractivity contribution in [2.24, 2.45) is 0 Å². The number of hydrogen-bond acceptors (Lipinski definition) is 2. The van der Waals surface area contributed by atoms with E-state index in [4.69, 9.17) is 9.31 Å². The molecule has 1 aliphatic rings. The van der Waals surface area contributed by atoms with Crippen molar-refractivity contribution in [1.29, 1.82) is 0 Å². The predicted octanol–water partition coefficient (Wildman–Crippen LogP) is 10.1. The summed E-state index contributed by atoms with van der Waals surface area (Å²) in [6.45, 7) is 8.37. The van der Waals surface area contributed by atoms with Crippen molar-refractivity contribution < 1.29 is 9.31 Å². The molecule has 1 aliphatic heterocycles. The van der Waals surface area contributed by atoms with Crippen molar-refractivity contribution >= 4 is 34.4 Å². The maximum absolute atomic E-state index is 6.32. The first-order valence-electron chi connectivity index (χ1n) is 16.0. The SMILES string of the molecule is CC1(C)OB(c2ccc(-c3ccc4c(c3)c3cc(-c5ccccc5)cc(-c5ccccc5)c3n4-c3ccccc3)cc2)OC1(C)C. The normalized spacial score (nSPS) is 15.5. The van der Waals surface area contributed by atoms with E-state index < -0.39 is 0 Å². The van der Waals surface area contributed by atoms with Crippen LogP contribution in [0.4, 0.5) is 0 Å². The minimum atomic E-state index is -0.377.